The van der Waals surface area contributed by atoms with Crippen molar-refractivity contribution in [2.24, 2.45) is 5.10 Å². The third-order valence-corrected chi connectivity index (χ3v) is 4.34. The van der Waals surface area contributed by atoms with Crippen molar-refractivity contribution in [3.05, 3.63) is 74.9 Å². The molecule has 3 aromatic rings. The fourth-order valence-electron chi connectivity index (χ4n) is 2.10. The minimum atomic E-state index is -0.519. The SMILES string of the molecule is O=C(N/N=C\c1ccc(-c2ccc(Br)cc2)o1)c1cc(Br)ccc1O. The molecule has 0 saturated carbocycles. The Hall–Kier alpha value is -2.38. The monoisotopic (exact) mass is 462 g/mol. The highest BCUT2D eigenvalue weighted by Gasteiger charge is 2.10. The molecule has 0 aliphatic heterocycles. The number of phenolic OH excluding ortho intramolecular Hbond substituents is 1. The maximum atomic E-state index is 12.0. The van der Waals surface area contributed by atoms with Crippen LogP contribution in [0.25, 0.3) is 11.3 Å². The van der Waals surface area contributed by atoms with Crippen LogP contribution in [0.15, 0.2) is 73.1 Å². The average Bonchev–Trinajstić information content (AvgIpc) is 3.06. The van der Waals surface area contributed by atoms with E-state index in [1.807, 2.05) is 30.3 Å². The number of carbonyl (C=O) groups is 1. The summed E-state index contributed by atoms with van der Waals surface area (Å²) >= 11 is 6.64. The number of hydrogen-bond acceptors (Lipinski definition) is 4. The summed E-state index contributed by atoms with van der Waals surface area (Å²) in [6.45, 7) is 0. The number of halogens is 2. The predicted molar refractivity (Wildman–Crippen MR) is 103 cm³/mol. The van der Waals surface area contributed by atoms with E-state index in [1.165, 1.54) is 18.3 Å². The minimum Gasteiger partial charge on any atom is -0.507 e. The number of hydrazone groups is 1. The third-order valence-electron chi connectivity index (χ3n) is 3.32. The molecule has 1 heterocycles. The van der Waals surface area contributed by atoms with Crippen molar-refractivity contribution < 1.29 is 14.3 Å². The fourth-order valence-corrected chi connectivity index (χ4v) is 2.72. The van der Waals surface area contributed by atoms with E-state index >= 15 is 0 Å². The predicted octanol–water partition coefficient (Wildman–Crippen LogP) is 4.94. The molecule has 5 nitrogen and oxygen atoms in total. The second-order valence-corrected chi connectivity index (χ2v) is 6.90. The summed E-state index contributed by atoms with van der Waals surface area (Å²) < 4.78 is 7.34. The Balaban J connectivity index is 1.67. The van der Waals surface area contributed by atoms with Crippen molar-refractivity contribution in [3.8, 4) is 17.1 Å². The van der Waals surface area contributed by atoms with Gasteiger partial charge in [-0.25, -0.2) is 5.43 Å². The highest BCUT2D eigenvalue weighted by atomic mass is 79.9. The van der Waals surface area contributed by atoms with Gasteiger partial charge in [-0.3, -0.25) is 4.79 Å². The number of hydrogen-bond donors (Lipinski definition) is 2. The van der Waals surface area contributed by atoms with Crippen LogP contribution in [-0.4, -0.2) is 17.2 Å². The smallest absolute Gasteiger partial charge is 0.275 e. The van der Waals surface area contributed by atoms with Crippen LogP contribution in [0.4, 0.5) is 0 Å². The van der Waals surface area contributed by atoms with Gasteiger partial charge in [-0.1, -0.05) is 44.0 Å². The molecule has 0 fully saturated rings. The zero-order valence-corrected chi connectivity index (χ0v) is 15.9. The van der Waals surface area contributed by atoms with Gasteiger partial charge >= 0.3 is 0 Å². The topological polar surface area (TPSA) is 74.8 Å². The summed E-state index contributed by atoms with van der Waals surface area (Å²) in [7, 11) is 0. The van der Waals surface area contributed by atoms with Gasteiger partial charge in [0.15, 0.2) is 0 Å². The number of phenols is 1. The maximum Gasteiger partial charge on any atom is 0.275 e. The Morgan fingerprint density at radius 2 is 1.76 bits per heavy atom. The molecule has 25 heavy (non-hydrogen) atoms. The molecule has 0 aliphatic carbocycles. The van der Waals surface area contributed by atoms with E-state index in [0.29, 0.717) is 16.0 Å². The number of benzene rings is 2. The number of rotatable bonds is 4. The molecule has 3 rings (SSSR count). The van der Waals surface area contributed by atoms with E-state index in [0.717, 1.165) is 10.0 Å². The van der Waals surface area contributed by atoms with Crippen molar-refractivity contribution in [1.82, 2.24) is 5.43 Å². The molecule has 0 bridgehead atoms. The molecule has 0 atom stereocenters. The van der Waals surface area contributed by atoms with Crippen LogP contribution in [0.5, 0.6) is 5.75 Å². The number of nitrogens with zero attached hydrogens (tertiary/aromatic N) is 1. The lowest BCUT2D eigenvalue weighted by Crippen LogP contribution is -2.17. The summed E-state index contributed by atoms with van der Waals surface area (Å²) in [5.41, 5.74) is 3.42. The van der Waals surface area contributed by atoms with Gasteiger partial charge in [0, 0.05) is 14.5 Å². The van der Waals surface area contributed by atoms with Gasteiger partial charge in [-0.2, -0.15) is 5.10 Å². The van der Waals surface area contributed by atoms with Crippen molar-refractivity contribution in [2.45, 2.75) is 0 Å². The molecule has 1 amide bonds. The first-order valence-electron chi connectivity index (χ1n) is 7.20. The Morgan fingerprint density at radius 1 is 1.04 bits per heavy atom. The Morgan fingerprint density at radius 3 is 2.52 bits per heavy atom. The van der Waals surface area contributed by atoms with Gasteiger partial charge < -0.3 is 9.52 Å². The molecule has 2 aromatic carbocycles. The largest absolute Gasteiger partial charge is 0.507 e. The van der Waals surface area contributed by atoms with E-state index in [9.17, 15) is 9.90 Å². The zero-order valence-electron chi connectivity index (χ0n) is 12.7. The van der Waals surface area contributed by atoms with Crippen LogP contribution < -0.4 is 5.43 Å². The first kappa shape index (κ1) is 17.4. The first-order valence-corrected chi connectivity index (χ1v) is 8.79. The van der Waals surface area contributed by atoms with E-state index in [-0.39, 0.29) is 11.3 Å². The molecule has 7 heteroatoms. The highest BCUT2D eigenvalue weighted by Crippen LogP contribution is 2.24. The number of carbonyl (C=O) groups excluding carboxylic acids is 1. The maximum absolute atomic E-state index is 12.0. The van der Waals surface area contributed by atoms with Crippen molar-refractivity contribution in [3.63, 3.8) is 0 Å². The summed E-state index contributed by atoms with van der Waals surface area (Å²) in [5, 5.41) is 13.6. The molecule has 0 radical (unpaired) electrons. The van der Waals surface area contributed by atoms with Crippen LogP contribution in [0.3, 0.4) is 0 Å². The van der Waals surface area contributed by atoms with Crippen LogP contribution in [-0.2, 0) is 0 Å². The van der Waals surface area contributed by atoms with Crippen LogP contribution in [0, 0.1) is 0 Å². The highest BCUT2D eigenvalue weighted by molar-refractivity contribution is 9.10. The molecule has 0 unspecified atom stereocenters. The lowest BCUT2D eigenvalue weighted by Gasteiger charge is -2.03. The van der Waals surface area contributed by atoms with E-state index in [2.05, 4.69) is 42.4 Å². The molecule has 0 aliphatic rings. The quantitative estimate of drug-likeness (QED) is 0.425. The number of nitrogens with one attached hydrogen (secondary N) is 1. The van der Waals surface area contributed by atoms with Crippen LogP contribution in [0.1, 0.15) is 16.1 Å². The average molecular weight is 464 g/mol. The summed E-state index contributed by atoms with van der Waals surface area (Å²) in [6, 6.07) is 15.9. The van der Waals surface area contributed by atoms with Gasteiger partial charge in [-0.15, -0.1) is 0 Å². The van der Waals surface area contributed by atoms with Crippen LogP contribution in [0.2, 0.25) is 0 Å². The number of furan rings is 1. The molecule has 2 N–H and O–H groups in total. The van der Waals surface area contributed by atoms with Gasteiger partial charge in [0.05, 0.1) is 11.8 Å². The first-order chi connectivity index (χ1) is 12.0. The number of amides is 1. The van der Waals surface area contributed by atoms with Crippen molar-refractivity contribution >= 4 is 44.0 Å². The Labute approximate surface area is 160 Å². The van der Waals surface area contributed by atoms with Crippen LogP contribution >= 0.6 is 31.9 Å². The van der Waals surface area contributed by atoms with Crippen molar-refractivity contribution in [1.29, 1.82) is 0 Å². The van der Waals surface area contributed by atoms with Gasteiger partial charge in [0.1, 0.15) is 17.3 Å². The summed E-state index contributed by atoms with van der Waals surface area (Å²) in [6.07, 6.45) is 1.40. The molecular weight excluding hydrogens is 452 g/mol. The molecule has 1 aromatic heterocycles. The third kappa shape index (κ3) is 4.37. The van der Waals surface area contributed by atoms with E-state index in [4.69, 9.17) is 4.42 Å². The van der Waals surface area contributed by atoms with Crippen molar-refractivity contribution in [2.75, 3.05) is 0 Å². The second kappa shape index (κ2) is 7.67. The molecule has 0 saturated heterocycles. The molecule has 0 spiro atoms. The fraction of sp³-hybridized carbons (Fsp3) is 0. The zero-order chi connectivity index (χ0) is 17.8. The van der Waals surface area contributed by atoms with Gasteiger partial charge in [-0.05, 0) is 42.5 Å². The molecule has 126 valence electrons. The van der Waals surface area contributed by atoms with E-state index < -0.39 is 5.91 Å². The van der Waals surface area contributed by atoms with Gasteiger partial charge in [0.2, 0.25) is 0 Å². The van der Waals surface area contributed by atoms with Gasteiger partial charge in [0.25, 0.3) is 5.91 Å². The summed E-state index contributed by atoms with van der Waals surface area (Å²) in [4.78, 5) is 12.0. The number of aromatic hydroxyl groups is 1. The minimum absolute atomic E-state index is 0.119. The Kier molecular flexibility index (Phi) is 5.35. The Bertz CT molecular complexity index is 934. The standard InChI is InChI=1S/C18H12Br2N2O3/c19-12-3-1-11(2-4-12)17-8-6-14(25-17)10-21-22-18(24)15-9-13(20)5-7-16(15)23/h1-10,23H,(H,22,24)/b21-10-. The second-order valence-electron chi connectivity index (χ2n) is 5.07. The lowest BCUT2D eigenvalue weighted by molar-refractivity contribution is 0.0952. The van der Waals surface area contributed by atoms with E-state index in [1.54, 1.807) is 12.1 Å². The lowest BCUT2D eigenvalue weighted by atomic mass is 10.2. The normalized spacial score (nSPS) is 11.0. The summed E-state index contributed by atoms with van der Waals surface area (Å²) in [5.74, 6) is 0.558. The molecular formula is C18H12Br2N2O3.